The molecule has 0 unspecified atom stereocenters. The van der Waals surface area contributed by atoms with Crippen molar-refractivity contribution in [1.29, 1.82) is 0 Å². The van der Waals surface area contributed by atoms with E-state index in [-0.39, 0.29) is 5.75 Å². The molecule has 1 rings (SSSR count). The minimum Gasteiger partial charge on any atom is -0.271 e. The van der Waals surface area contributed by atoms with Crippen LogP contribution in [0.15, 0.2) is 12.3 Å². The standard InChI is InChI=1S/C9H17N3O2S/c1-3-4-7-15(13,14)11-8-9-5-6-10-12(9)2/h5-6,11H,3-4,7-8H2,1-2H3. The molecular formula is C9H17N3O2S. The Hall–Kier alpha value is -0.880. The lowest BCUT2D eigenvalue weighted by molar-refractivity contribution is 0.574. The summed E-state index contributed by atoms with van der Waals surface area (Å²) in [7, 11) is -1.34. The molecule has 0 atom stereocenters. The third kappa shape index (κ3) is 4.01. The summed E-state index contributed by atoms with van der Waals surface area (Å²) in [5.74, 6) is 0.196. The molecule has 0 saturated carbocycles. The maximum Gasteiger partial charge on any atom is 0.211 e. The summed E-state index contributed by atoms with van der Waals surface area (Å²) in [6.45, 7) is 2.28. The van der Waals surface area contributed by atoms with Crippen molar-refractivity contribution in [3.8, 4) is 0 Å². The fourth-order valence-electron chi connectivity index (χ4n) is 1.17. The first kappa shape index (κ1) is 12.2. The summed E-state index contributed by atoms with van der Waals surface area (Å²) in [4.78, 5) is 0. The van der Waals surface area contributed by atoms with Crippen LogP contribution in [0.25, 0.3) is 0 Å². The minimum absolute atomic E-state index is 0.196. The van der Waals surface area contributed by atoms with E-state index in [2.05, 4.69) is 9.82 Å². The van der Waals surface area contributed by atoms with Crippen LogP contribution in [0.1, 0.15) is 25.5 Å². The second-order valence-corrected chi connectivity index (χ2v) is 5.37. The number of aromatic nitrogens is 2. The Balaban J connectivity index is 2.46. The maximum absolute atomic E-state index is 11.5. The first-order valence-electron chi connectivity index (χ1n) is 4.99. The average molecular weight is 231 g/mol. The van der Waals surface area contributed by atoms with Gasteiger partial charge in [-0.1, -0.05) is 13.3 Å². The van der Waals surface area contributed by atoms with Crippen LogP contribution in [-0.4, -0.2) is 24.0 Å². The molecule has 0 amide bonds. The minimum atomic E-state index is -3.13. The van der Waals surface area contributed by atoms with E-state index in [9.17, 15) is 8.42 Å². The zero-order valence-corrected chi connectivity index (χ0v) is 9.92. The molecule has 1 aromatic heterocycles. The van der Waals surface area contributed by atoms with Crippen LogP contribution in [0, 0.1) is 0 Å². The molecule has 0 fully saturated rings. The number of rotatable bonds is 6. The van der Waals surface area contributed by atoms with E-state index in [1.807, 2.05) is 6.92 Å². The highest BCUT2D eigenvalue weighted by atomic mass is 32.2. The predicted molar refractivity (Wildman–Crippen MR) is 58.7 cm³/mol. The van der Waals surface area contributed by atoms with Crippen molar-refractivity contribution in [1.82, 2.24) is 14.5 Å². The zero-order valence-electron chi connectivity index (χ0n) is 9.10. The van der Waals surface area contributed by atoms with Gasteiger partial charge in [0, 0.05) is 13.2 Å². The van der Waals surface area contributed by atoms with Gasteiger partial charge in [-0.3, -0.25) is 4.68 Å². The van der Waals surface area contributed by atoms with Crippen molar-refractivity contribution >= 4 is 10.0 Å². The summed E-state index contributed by atoms with van der Waals surface area (Å²) < 4.78 is 27.1. The van der Waals surface area contributed by atoms with E-state index >= 15 is 0 Å². The Morgan fingerprint density at radius 1 is 1.53 bits per heavy atom. The Labute approximate surface area is 90.5 Å². The third-order valence-electron chi connectivity index (χ3n) is 2.16. The molecule has 0 aliphatic carbocycles. The van der Waals surface area contributed by atoms with E-state index in [1.54, 1.807) is 24.0 Å². The molecule has 0 spiro atoms. The molecule has 0 aliphatic heterocycles. The molecule has 0 aliphatic rings. The van der Waals surface area contributed by atoms with Gasteiger partial charge < -0.3 is 0 Å². The van der Waals surface area contributed by atoms with Gasteiger partial charge in [-0.25, -0.2) is 13.1 Å². The van der Waals surface area contributed by atoms with Crippen molar-refractivity contribution in [2.24, 2.45) is 7.05 Å². The number of nitrogens with zero attached hydrogens (tertiary/aromatic N) is 2. The number of hydrogen-bond acceptors (Lipinski definition) is 3. The molecule has 0 bridgehead atoms. The SMILES string of the molecule is CCCCS(=O)(=O)NCc1ccnn1C. The van der Waals surface area contributed by atoms with Crippen molar-refractivity contribution < 1.29 is 8.42 Å². The molecule has 15 heavy (non-hydrogen) atoms. The number of aryl methyl sites for hydroxylation is 1. The van der Waals surface area contributed by atoms with Crippen LogP contribution in [0.2, 0.25) is 0 Å². The Morgan fingerprint density at radius 3 is 2.80 bits per heavy atom. The quantitative estimate of drug-likeness (QED) is 0.781. The second-order valence-electron chi connectivity index (χ2n) is 3.44. The van der Waals surface area contributed by atoms with Crippen LogP contribution in [0.4, 0.5) is 0 Å². The van der Waals surface area contributed by atoms with Crippen LogP contribution >= 0.6 is 0 Å². The Kier molecular flexibility index (Phi) is 4.28. The molecule has 1 aromatic rings. The van der Waals surface area contributed by atoms with Gasteiger partial charge in [0.1, 0.15) is 0 Å². The monoisotopic (exact) mass is 231 g/mol. The summed E-state index contributed by atoms with van der Waals surface area (Å²) in [6, 6.07) is 1.79. The maximum atomic E-state index is 11.5. The van der Waals surface area contributed by atoms with E-state index in [4.69, 9.17) is 0 Å². The number of hydrogen-bond donors (Lipinski definition) is 1. The average Bonchev–Trinajstić information content (AvgIpc) is 2.58. The normalized spacial score (nSPS) is 11.9. The smallest absolute Gasteiger partial charge is 0.211 e. The van der Waals surface area contributed by atoms with E-state index in [1.165, 1.54) is 0 Å². The van der Waals surface area contributed by atoms with Crippen LogP contribution in [0.5, 0.6) is 0 Å². The van der Waals surface area contributed by atoms with Gasteiger partial charge >= 0.3 is 0 Å². The topological polar surface area (TPSA) is 64.0 Å². The third-order valence-corrected chi connectivity index (χ3v) is 3.57. The van der Waals surface area contributed by atoms with E-state index in [0.717, 1.165) is 12.1 Å². The van der Waals surface area contributed by atoms with Gasteiger partial charge in [-0.05, 0) is 12.5 Å². The van der Waals surface area contributed by atoms with Crippen LogP contribution in [0.3, 0.4) is 0 Å². The molecular weight excluding hydrogens is 214 g/mol. The molecule has 5 nitrogen and oxygen atoms in total. The lowest BCUT2D eigenvalue weighted by Gasteiger charge is -2.05. The lowest BCUT2D eigenvalue weighted by atomic mass is 10.4. The van der Waals surface area contributed by atoms with Crippen LogP contribution < -0.4 is 4.72 Å². The molecule has 0 aromatic carbocycles. The molecule has 6 heteroatoms. The molecule has 0 radical (unpaired) electrons. The molecule has 1 heterocycles. The van der Waals surface area contributed by atoms with Gasteiger partial charge in [-0.15, -0.1) is 0 Å². The first-order valence-corrected chi connectivity index (χ1v) is 6.64. The van der Waals surface area contributed by atoms with Crippen molar-refractivity contribution in [2.75, 3.05) is 5.75 Å². The summed E-state index contributed by atoms with van der Waals surface area (Å²) >= 11 is 0. The van der Waals surface area contributed by atoms with Gasteiger partial charge in [0.25, 0.3) is 0 Å². The fraction of sp³-hybridized carbons (Fsp3) is 0.667. The summed E-state index contributed by atoms with van der Waals surface area (Å²) in [6.07, 6.45) is 3.23. The van der Waals surface area contributed by atoms with E-state index < -0.39 is 10.0 Å². The van der Waals surface area contributed by atoms with Crippen molar-refractivity contribution in [3.05, 3.63) is 18.0 Å². The number of nitrogens with one attached hydrogen (secondary N) is 1. The fourth-order valence-corrected chi connectivity index (χ4v) is 2.35. The predicted octanol–water partition coefficient (Wildman–Crippen LogP) is 0.640. The number of unbranched alkanes of at least 4 members (excludes halogenated alkanes) is 1. The Morgan fingerprint density at radius 2 is 2.27 bits per heavy atom. The zero-order chi connectivity index (χ0) is 11.3. The van der Waals surface area contributed by atoms with E-state index in [0.29, 0.717) is 13.0 Å². The highest BCUT2D eigenvalue weighted by Gasteiger charge is 2.09. The van der Waals surface area contributed by atoms with Crippen molar-refractivity contribution in [3.63, 3.8) is 0 Å². The lowest BCUT2D eigenvalue weighted by Crippen LogP contribution is -2.26. The van der Waals surface area contributed by atoms with Gasteiger partial charge in [-0.2, -0.15) is 5.10 Å². The van der Waals surface area contributed by atoms with Crippen LogP contribution in [-0.2, 0) is 23.6 Å². The molecule has 0 saturated heterocycles. The largest absolute Gasteiger partial charge is 0.271 e. The Bertz CT molecular complexity index is 397. The highest BCUT2D eigenvalue weighted by Crippen LogP contribution is 1.98. The summed E-state index contributed by atoms with van der Waals surface area (Å²) in [5.41, 5.74) is 0.857. The van der Waals surface area contributed by atoms with Gasteiger partial charge in [0.05, 0.1) is 18.0 Å². The highest BCUT2D eigenvalue weighted by molar-refractivity contribution is 7.89. The van der Waals surface area contributed by atoms with Gasteiger partial charge in [0.15, 0.2) is 0 Å². The molecule has 1 N–H and O–H groups in total. The first-order chi connectivity index (χ1) is 7.05. The summed E-state index contributed by atoms with van der Waals surface area (Å²) in [5, 5.41) is 3.96. The van der Waals surface area contributed by atoms with Crippen molar-refractivity contribution in [2.45, 2.75) is 26.3 Å². The second kappa shape index (κ2) is 5.27. The van der Waals surface area contributed by atoms with Gasteiger partial charge in [0.2, 0.25) is 10.0 Å². The molecule has 86 valence electrons. The number of sulfonamides is 1.